The highest BCUT2D eigenvalue weighted by molar-refractivity contribution is 7.47. The van der Waals surface area contributed by atoms with Crippen molar-refractivity contribution < 1.29 is 37.3 Å². The van der Waals surface area contributed by atoms with E-state index in [2.05, 4.69) is 98.9 Å². The molecule has 412 valence electrons. The van der Waals surface area contributed by atoms with Crippen molar-refractivity contribution in [2.45, 2.75) is 251 Å². The Labute approximate surface area is 439 Å². The maximum atomic E-state index is 12.8. The van der Waals surface area contributed by atoms with Crippen molar-refractivity contribution in [1.29, 1.82) is 0 Å². The van der Waals surface area contributed by atoms with Gasteiger partial charge in [-0.15, -0.1) is 0 Å². The molecule has 0 aliphatic rings. The van der Waals surface area contributed by atoms with E-state index >= 15 is 0 Å². The van der Waals surface area contributed by atoms with Crippen LogP contribution in [0.15, 0.2) is 85.1 Å². The zero-order chi connectivity index (χ0) is 51.9. The summed E-state index contributed by atoms with van der Waals surface area (Å²) in [4.78, 5) is 23.1. The van der Waals surface area contributed by atoms with E-state index in [-0.39, 0.29) is 25.8 Å². The molecule has 0 aromatic rings. The van der Waals surface area contributed by atoms with E-state index in [0.717, 1.165) is 83.5 Å². The molecular formula is C62H113NO7P+. The minimum absolute atomic E-state index is 0.0818. The van der Waals surface area contributed by atoms with Gasteiger partial charge in [0.15, 0.2) is 0 Å². The Hall–Kier alpha value is -2.32. The lowest BCUT2D eigenvalue weighted by molar-refractivity contribution is -0.870. The van der Waals surface area contributed by atoms with Gasteiger partial charge in [0.25, 0.3) is 0 Å². The first-order valence-corrected chi connectivity index (χ1v) is 30.8. The van der Waals surface area contributed by atoms with Crippen LogP contribution in [0.2, 0.25) is 0 Å². The summed E-state index contributed by atoms with van der Waals surface area (Å²) in [5, 5.41) is 0. The van der Waals surface area contributed by atoms with Crippen molar-refractivity contribution in [3.8, 4) is 0 Å². The summed E-state index contributed by atoms with van der Waals surface area (Å²) in [7, 11) is 1.65. The molecule has 2 unspecified atom stereocenters. The highest BCUT2D eigenvalue weighted by Crippen LogP contribution is 2.43. The number of quaternary nitrogens is 1. The molecule has 1 N–H and O–H groups in total. The lowest BCUT2D eigenvalue weighted by Crippen LogP contribution is -2.37. The number of ether oxygens (including phenoxy) is 2. The maximum absolute atomic E-state index is 12.8. The van der Waals surface area contributed by atoms with Gasteiger partial charge in [-0.25, -0.2) is 4.57 Å². The minimum atomic E-state index is -4.30. The van der Waals surface area contributed by atoms with Gasteiger partial charge in [0.2, 0.25) is 0 Å². The van der Waals surface area contributed by atoms with Crippen LogP contribution in [0.1, 0.15) is 245 Å². The zero-order valence-electron chi connectivity index (χ0n) is 46.9. The number of phosphoric ester groups is 1. The van der Waals surface area contributed by atoms with E-state index in [4.69, 9.17) is 18.5 Å². The fraction of sp³-hybridized carbons (Fsp3) is 0.758. The molecule has 0 saturated carbocycles. The van der Waals surface area contributed by atoms with Gasteiger partial charge in [-0.1, -0.05) is 234 Å². The zero-order valence-corrected chi connectivity index (χ0v) is 47.8. The van der Waals surface area contributed by atoms with Crippen molar-refractivity contribution in [1.82, 2.24) is 0 Å². The van der Waals surface area contributed by atoms with Crippen LogP contribution in [-0.2, 0) is 27.9 Å². The molecule has 0 saturated heterocycles. The quantitative estimate of drug-likeness (QED) is 0.0213. The van der Waals surface area contributed by atoms with Gasteiger partial charge in [0.1, 0.15) is 19.3 Å². The van der Waals surface area contributed by atoms with Crippen molar-refractivity contribution >= 4 is 13.8 Å². The van der Waals surface area contributed by atoms with Crippen LogP contribution in [-0.4, -0.2) is 75.6 Å². The Morgan fingerprint density at radius 2 is 0.817 bits per heavy atom. The van der Waals surface area contributed by atoms with Gasteiger partial charge in [-0.3, -0.25) is 13.8 Å². The number of nitrogens with zero attached hydrogens (tertiary/aromatic N) is 1. The van der Waals surface area contributed by atoms with Gasteiger partial charge < -0.3 is 18.9 Å². The number of rotatable bonds is 54. The third-order valence-corrected chi connectivity index (χ3v) is 13.4. The molecule has 0 rings (SSSR count). The van der Waals surface area contributed by atoms with Crippen LogP contribution in [0, 0.1) is 0 Å². The maximum Gasteiger partial charge on any atom is 0.472 e. The minimum Gasteiger partial charge on any atom is -0.457 e. The number of phosphoric acid groups is 1. The standard InChI is InChI=1S/C62H112NO7P/c1-6-8-10-12-14-16-18-20-22-24-26-28-30-32-33-35-37-39-41-43-45-47-49-51-53-55-62(64)70-61(60-69-71(65,66)68-58-56-63(3,4)5)59-67-57-54-52-50-48-46-44-42-40-38-36-34-31-29-27-25-23-21-19-17-15-13-11-9-7-2/h8,10,14,16,20,22,25-28,32-33,37,39,61H,6-7,9,11-13,15,17-19,21,23-24,29-31,34-36,38,40-60H2,1-5H3/p+1/b10-8-,16-14-,22-20-,27-25-,28-26-,33-32-,39-37-. The van der Waals surface area contributed by atoms with E-state index in [9.17, 15) is 14.3 Å². The molecule has 0 aromatic heterocycles. The number of carbonyl (C=O) groups excluding carboxylic acids is 1. The monoisotopic (exact) mass is 1010 g/mol. The lowest BCUT2D eigenvalue weighted by Gasteiger charge is -2.24. The first-order chi connectivity index (χ1) is 34.6. The van der Waals surface area contributed by atoms with Gasteiger partial charge in [-0.05, 0) is 89.9 Å². The third-order valence-electron chi connectivity index (χ3n) is 12.4. The van der Waals surface area contributed by atoms with Crippen molar-refractivity contribution in [3.63, 3.8) is 0 Å². The number of allylic oxidation sites excluding steroid dienone is 14. The summed E-state index contributed by atoms with van der Waals surface area (Å²) in [6.45, 7) is 5.50. The molecule has 0 aliphatic carbocycles. The second kappa shape index (κ2) is 54.0. The molecule has 0 heterocycles. The van der Waals surface area contributed by atoms with Crippen molar-refractivity contribution in [2.75, 3.05) is 54.1 Å². The highest BCUT2D eigenvalue weighted by atomic mass is 31.2. The summed E-state index contributed by atoms with van der Waals surface area (Å²) >= 11 is 0. The van der Waals surface area contributed by atoms with Gasteiger partial charge >= 0.3 is 13.8 Å². The van der Waals surface area contributed by atoms with Crippen LogP contribution in [0.5, 0.6) is 0 Å². The van der Waals surface area contributed by atoms with Crippen LogP contribution in [0.25, 0.3) is 0 Å². The van der Waals surface area contributed by atoms with Crippen molar-refractivity contribution in [3.05, 3.63) is 85.1 Å². The third kappa shape index (κ3) is 58.4. The molecular weight excluding hydrogens is 902 g/mol. The normalized spacial score (nSPS) is 14.1. The predicted molar refractivity (Wildman–Crippen MR) is 307 cm³/mol. The topological polar surface area (TPSA) is 91.3 Å². The van der Waals surface area contributed by atoms with Crippen LogP contribution >= 0.6 is 7.82 Å². The molecule has 8 nitrogen and oxygen atoms in total. The van der Waals surface area contributed by atoms with E-state index in [1.807, 2.05) is 21.1 Å². The first kappa shape index (κ1) is 68.7. The summed E-state index contributed by atoms with van der Waals surface area (Å²) in [5.74, 6) is -0.328. The second-order valence-electron chi connectivity index (χ2n) is 20.6. The summed E-state index contributed by atoms with van der Waals surface area (Å²) in [6, 6.07) is 0. The molecule has 0 radical (unpaired) electrons. The largest absolute Gasteiger partial charge is 0.472 e. The van der Waals surface area contributed by atoms with E-state index in [1.54, 1.807) is 0 Å². The predicted octanol–water partition coefficient (Wildman–Crippen LogP) is 18.7. The number of hydrogen-bond donors (Lipinski definition) is 1. The van der Waals surface area contributed by atoms with Crippen LogP contribution in [0.3, 0.4) is 0 Å². The van der Waals surface area contributed by atoms with Crippen LogP contribution < -0.4 is 0 Å². The second-order valence-corrected chi connectivity index (χ2v) is 22.1. The SMILES string of the molecule is CC/C=C\C/C=C\C/C=C\C/C=C\C/C=C\C/C=C\CCCCCCCCC(=O)OC(COCCCCCCCCCCCCCC/C=C\CCCCCCCCCC)COP(=O)(O)OCC[N+](C)(C)C. The molecule has 0 bridgehead atoms. The summed E-state index contributed by atoms with van der Waals surface area (Å²) < 4.78 is 35.3. The smallest absolute Gasteiger partial charge is 0.457 e. The Bertz CT molecular complexity index is 1410. The van der Waals surface area contributed by atoms with E-state index in [1.165, 1.54) is 141 Å². The average molecular weight is 1020 g/mol. The molecule has 0 spiro atoms. The van der Waals surface area contributed by atoms with E-state index < -0.39 is 13.9 Å². The molecule has 2 atom stereocenters. The van der Waals surface area contributed by atoms with E-state index in [0.29, 0.717) is 24.1 Å². The van der Waals surface area contributed by atoms with Gasteiger partial charge in [0.05, 0.1) is 34.4 Å². The Morgan fingerprint density at radius 3 is 1.24 bits per heavy atom. The summed E-state index contributed by atoms with van der Waals surface area (Å²) in [6.07, 6.45) is 73.6. The van der Waals surface area contributed by atoms with Crippen molar-refractivity contribution in [2.24, 2.45) is 0 Å². The number of carbonyl (C=O) groups is 1. The average Bonchev–Trinajstić information content (AvgIpc) is 3.33. The fourth-order valence-electron chi connectivity index (χ4n) is 7.96. The molecule has 0 aliphatic heterocycles. The number of unbranched alkanes of at least 4 members (excludes halogenated alkanes) is 26. The molecule has 0 fully saturated rings. The molecule has 0 amide bonds. The fourth-order valence-corrected chi connectivity index (χ4v) is 8.71. The first-order valence-electron chi connectivity index (χ1n) is 29.3. The number of esters is 1. The van der Waals surface area contributed by atoms with Gasteiger partial charge in [0, 0.05) is 13.0 Å². The Morgan fingerprint density at radius 1 is 0.451 bits per heavy atom. The van der Waals surface area contributed by atoms with Crippen LogP contribution in [0.4, 0.5) is 0 Å². The summed E-state index contributed by atoms with van der Waals surface area (Å²) in [5.41, 5.74) is 0. The molecule has 9 heteroatoms. The van der Waals surface area contributed by atoms with Gasteiger partial charge in [-0.2, -0.15) is 0 Å². The molecule has 0 aromatic carbocycles. The lowest BCUT2D eigenvalue weighted by atomic mass is 10.0. The Kier molecular flexibility index (Phi) is 52.2. The Balaban J connectivity index is 4.12. The number of likely N-dealkylation sites (N-methyl/N-ethyl adjacent to an activating group) is 1. The number of hydrogen-bond acceptors (Lipinski definition) is 6. The molecule has 71 heavy (non-hydrogen) atoms. The highest BCUT2D eigenvalue weighted by Gasteiger charge is 2.26.